The van der Waals surface area contributed by atoms with Crippen LogP contribution in [0.4, 0.5) is 0 Å². The van der Waals surface area contributed by atoms with E-state index in [1.807, 2.05) is 35.2 Å². The van der Waals surface area contributed by atoms with E-state index in [2.05, 4.69) is 21.2 Å². The Balaban J connectivity index is 1.57. The number of benzene rings is 2. The predicted octanol–water partition coefficient (Wildman–Crippen LogP) is 4.20. The van der Waals surface area contributed by atoms with Gasteiger partial charge in [0.05, 0.1) is 23.7 Å². The van der Waals surface area contributed by atoms with Crippen LogP contribution in [0.15, 0.2) is 46.9 Å². The summed E-state index contributed by atoms with van der Waals surface area (Å²) < 4.78 is 11.7. The minimum atomic E-state index is -0.164. The van der Waals surface area contributed by atoms with Crippen LogP contribution in [0, 0.1) is 5.92 Å². The summed E-state index contributed by atoms with van der Waals surface area (Å²) in [7, 11) is 3.24. The van der Waals surface area contributed by atoms with Crippen molar-refractivity contribution in [3.63, 3.8) is 0 Å². The molecule has 7 heteroatoms. The first-order chi connectivity index (χ1) is 15.0. The number of amides is 2. The fourth-order valence-corrected chi connectivity index (χ4v) is 4.42. The highest BCUT2D eigenvalue weighted by Gasteiger charge is 2.37. The molecule has 1 N–H and O–H groups in total. The Morgan fingerprint density at radius 3 is 2.65 bits per heavy atom. The summed E-state index contributed by atoms with van der Waals surface area (Å²) in [6.45, 7) is 1.23. The molecule has 0 aromatic heterocycles. The lowest BCUT2D eigenvalue weighted by molar-refractivity contribution is 0.0687. The zero-order valence-electron chi connectivity index (χ0n) is 17.8. The third-order valence-corrected chi connectivity index (χ3v) is 6.69. The van der Waals surface area contributed by atoms with Crippen molar-refractivity contribution in [1.82, 2.24) is 10.2 Å². The molecule has 0 spiro atoms. The van der Waals surface area contributed by atoms with E-state index in [-0.39, 0.29) is 24.0 Å². The fraction of sp³-hybridized carbons (Fsp3) is 0.417. The quantitative estimate of drug-likeness (QED) is 0.636. The summed E-state index contributed by atoms with van der Waals surface area (Å²) in [5.41, 5.74) is 2.12. The molecule has 2 aromatic rings. The standard InChI is InChI=1S/C24H27BrN2O4/c1-30-19-12-21(16-4-3-5-17(10-16)23(28)26-13-15-6-7-15)27(14-19)24(29)18-8-9-20(25)22(11-18)31-2/h3-5,8-11,15,19,21H,6-7,12-14H2,1-2H3,(H,26,28). The van der Waals surface area contributed by atoms with Gasteiger partial charge >= 0.3 is 0 Å². The molecule has 31 heavy (non-hydrogen) atoms. The third-order valence-electron chi connectivity index (χ3n) is 6.04. The van der Waals surface area contributed by atoms with Crippen LogP contribution >= 0.6 is 15.9 Å². The van der Waals surface area contributed by atoms with Crippen LogP contribution in [0.2, 0.25) is 0 Å². The molecule has 2 aromatic carbocycles. The first-order valence-corrected chi connectivity index (χ1v) is 11.3. The first kappa shape index (κ1) is 21.8. The molecule has 1 heterocycles. The molecule has 1 aliphatic carbocycles. The maximum atomic E-state index is 13.4. The normalized spacial score (nSPS) is 20.5. The number of rotatable bonds is 7. The van der Waals surface area contributed by atoms with Gasteiger partial charge in [-0.05, 0) is 77.0 Å². The van der Waals surface area contributed by atoms with Crippen molar-refractivity contribution >= 4 is 27.7 Å². The van der Waals surface area contributed by atoms with Crippen LogP contribution in [-0.4, -0.2) is 50.1 Å². The van der Waals surface area contributed by atoms with Gasteiger partial charge in [-0.3, -0.25) is 9.59 Å². The number of carbonyl (C=O) groups is 2. The third kappa shape index (κ3) is 4.93. The molecular weight excluding hydrogens is 460 g/mol. The maximum Gasteiger partial charge on any atom is 0.254 e. The van der Waals surface area contributed by atoms with E-state index in [0.29, 0.717) is 35.8 Å². The van der Waals surface area contributed by atoms with E-state index in [4.69, 9.17) is 9.47 Å². The summed E-state index contributed by atoms with van der Waals surface area (Å²) >= 11 is 3.43. The van der Waals surface area contributed by atoms with Crippen molar-refractivity contribution in [3.05, 3.63) is 63.6 Å². The lowest BCUT2D eigenvalue weighted by atomic mass is 10.0. The van der Waals surface area contributed by atoms with Gasteiger partial charge in [0.25, 0.3) is 11.8 Å². The van der Waals surface area contributed by atoms with Crippen LogP contribution in [0.5, 0.6) is 5.75 Å². The second kappa shape index (κ2) is 9.40. The van der Waals surface area contributed by atoms with Crippen molar-refractivity contribution in [1.29, 1.82) is 0 Å². The number of ether oxygens (including phenoxy) is 2. The van der Waals surface area contributed by atoms with Crippen LogP contribution in [0.1, 0.15) is 51.6 Å². The zero-order chi connectivity index (χ0) is 22.0. The van der Waals surface area contributed by atoms with Gasteiger partial charge in [0, 0.05) is 31.3 Å². The Kier molecular flexibility index (Phi) is 6.62. The number of likely N-dealkylation sites (tertiary alicyclic amines) is 1. The van der Waals surface area contributed by atoms with E-state index in [1.54, 1.807) is 26.4 Å². The summed E-state index contributed by atoms with van der Waals surface area (Å²) in [6, 6.07) is 12.8. The minimum absolute atomic E-state index is 0.0568. The molecule has 0 bridgehead atoms. The summed E-state index contributed by atoms with van der Waals surface area (Å²) in [6.07, 6.45) is 3.01. The first-order valence-electron chi connectivity index (χ1n) is 10.6. The number of nitrogens with one attached hydrogen (secondary N) is 1. The second-order valence-corrected chi connectivity index (χ2v) is 9.05. The van der Waals surface area contributed by atoms with E-state index in [1.165, 1.54) is 12.8 Å². The average Bonchev–Trinajstić information content (AvgIpc) is 3.53. The van der Waals surface area contributed by atoms with Crippen LogP contribution < -0.4 is 10.1 Å². The van der Waals surface area contributed by atoms with Gasteiger partial charge in [0.15, 0.2) is 0 Å². The van der Waals surface area contributed by atoms with Crippen LogP contribution in [-0.2, 0) is 4.74 Å². The Bertz CT molecular complexity index is 976. The molecule has 164 valence electrons. The van der Waals surface area contributed by atoms with Gasteiger partial charge in [-0.15, -0.1) is 0 Å². The topological polar surface area (TPSA) is 67.9 Å². The summed E-state index contributed by atoms with van der Waals surface area (Å²) in [4.78, 5) is 27.8. The number of methoxy groups -OCH3 is 2. The lowest BCUT2D eigenvalue weighted by Gasteiger charge is -2.25. The molecule has 6 nitrogen and oxygen atoms in total. The Morgan fingerprint density at radius 2 is 1.94 bits per heavy atom. The molecule has 2 unspecified atom stereocenters. The lowest BCUT2D eigenvalue weighted by Crippen LogP contribution is -2.32. The largest absolute Gasteiger partial charge is 0.496 e. The van der Waals surface area contributed by atoms with Gasteiger partial charge in [-0.1, -0.05) is 12.1 Å². The van der Waals surface area contributed by atoms with Gasteiger partial charge in [0.2, 0.25) is 0 Å². The summed E-state index contributed by atoms with van der Waals surface area (Å²) in [5, 5.41) is 3.01. The van der Waals surface area contributed by atoms with Crippen LogP contribution in [0.25, 0.3) is 0 Å². The number of carbonyl (C=O) groups excluding carboxylic acids is 2. The minimum Gasteiger partial charge on any atom is -0.496 e. The number of nitrogens with zero attached hydrogens (tertiary/aromatic N) is 1. The van der Waals surface area contributed by atoms with Crippen LogP contribution in [0.3, 0.4) is 0 Å². The molecular formula is C24H27BrN2O4. The van der Waals surface area contributed by atoms with E-state index in [9.17, 15) is 9.59 Å². The molecule has 0 radical (unpaired) electrons. The Hall–Kier alpha value is -2.38. The maximum absolute atomic E-state index is 13.4. The Morgan fingerprint density at radius 1 is 1.13 bits per heavy atom. The van der Waals surface area contributed by atoms with Crippen molar-refractivity contribution < 1.29 is 19.1 Å². The van der Waals surface area contributed by atoms with Crippen molar-refractivity contribution in [2.24, 2.45) is 5.92 Å². The van der Waals surface area contributed by atoms with Crippen molar-refractivity contribution in [2.75, 3.05) is 27.3 Å². The van der Waals surface area contributed by atoms with Crippen molar-refractivity contribution in [3.8, 4) is 5.75 Å². The van der Waals surface area contributed by atoms with Gasteiger partial charge < -0.3 is 19.7 Å². The SMILES string of the molecule is COc1cc(C(=O)N2CC(OC)CC2c2cccc(C(=O)NCC3CC3)c2)ccc1Br. The molecule has 2 aliphatic rings. The molecule has 2 amide bonds. The number of hydrogen-bond donors (Lipinski definition) is 1. The van der Waals surface area contributed by atoms with E-state index < -0.39 is 0 Å². The van der Waals surface area contributed by atoms with Gasteiger partial charge in [0.1, 0.15) is 5.75 Å². The predicted molar refractivity (Wildman–Crippen MR) is 121 cm³/mol. The highest BCUT2D eigenvalue weighted by atomic mass is 79.9. The smallest absolute Gasteiger partial charge is 0.254 e. The summed E-state index contributed by atoms with van der Waals surface area (Å²) in [5.74, 6) is 1.09. The highest BCUT2D eigenvalue weighted by molar-refractivity contribution is 9.10. The fourth-order valence-electron chi connectivity index (χ4n) is 4.02. The van der Waals surface area contributed by atoms with E-state index >= 15 is 0 Å². The second-order valence-electron chi connectivity index (χ2n) is 8.19. The van der Waals surface area contributed by atoms with Gasteiger partial charge in [-0.2, -0.15) is 0 Å². The molecule has 1 aliphatic heterocycles. The molecule has 2 fully saturated rings. The average molecular weight is 487 g/mol. The van der Waals surface area contributed by atoms with E-state index in [0.717, 1.165) is 16.6 Å². The molecule has 2 atom stereocenters. The monoisotopic (exact) mass is 486 g/mol. The van der Waals surface area contributed by atoms with Crippen molar-refractivity contribution in [2.45, 2.75) is 31.4 Å². The zero-order valence-corrected chi connectivity index (χ0v) is 19.4. The van der Waals surface area contributed by atoms with Gasteiger partial charge in [-0.25, -0.2) is 0 Å². The molecule has 1 saturated heterocycles. The highest BCUT2D eigenvalue weighted by Crippen LogP contribution is 2.36. The number of hydrogen-bond acceptors (Lipinski definition) is 4. The number of halogens is 1. The Labute approximate surface area is 191 Å². The molecule has 1 saturated carbocycles. The molecule has 4 rings (SSSR count).